The Labute approximate surface area is 207 Å². The maximum absolute atomic E-state index is 13.0. The first kappa shape index (κ1) is 22.7. The van der Waals surface area contributed by atoms with Crippen LogP contribution in [0.25, 0.3) is 22.2 Å². The number of benzene rings is 4. The fraction of sp³-hybridized carbons (Fsp3) is 0. The highest BCUT2D eigenvalue weighted by atomic mass is 16.5. The van der Waals surface area contributed by atoms with Crippen LogP contribution in [0.4, 0.5) is 0 Å². The predicted octanol–water partition coefficient (Wildman–Crippen LogP) is 5.88. The molecule has 5 rings (SSSR count). The maximum Gasteiger partial charge on any atom is 0.343 e. The second-order valence-corrected chi connectivity index (χ2v) is 7.96. The number of ether oxygens (including phenoxy) is 1. The molecule has 0 bridgehead atoms. The molecular weight excluding hydrogens is 450 g/mol. The van der Waals surface area contributed by atoms with Crippen LogP contribution in [-0.4, -0.2) is 23.1 Å². The van der Waals surface area contributed by atoms with E-state index in [4.69, 9.17) is 9.72 Å². The molecule has 0 aliphatic heterocycles. The molecule has 0 saturated heterocycles. The summed E-state index contributed by atoms with van der Waals surface area (Å²) in [6, 6.07) is 34.6. The third-order valence-electron chi connectivity index (χ3n) is 5.51. The Morgan fingerprint density at radius 2 is 1.44 bits per heavy atom. The maximum atomic E-state index is 13.0. The SMILES string of the molecule is O=C(Oc1ccc(/C=N\NC(=O)c2cc(-c3ccccc3)nc3ccccc23)cc1)c1ccccc1. The van der Waals surface area contributed by atoms with Crippen molar-refractivity contribution in [1.82, 2.24) is 10.4 Å². The van der Waals surface area contributed by atoms with E-state index >= 15 is 0 Å². The number of esters is 1. The number of hydrogen-bond donors (Lipinski definition) is 1. The summed E-state index contributed by atoms with van der Waals surface area (Å²) in [5.74, 6) is -0.346. The van der Waals surface area contributed by atoms with E-state index in [1.54, 1.807) is 54.6 Å². The van der Waals surface area contributed by atoms with Crippen LogP contribution in [0.5, 0.6) is 5.75 Å². The third kappa shape index (κ3) is 5.18. The molecule has 4 aromatic carbocycles. The fourth-order valence-corrected chi connectivity index (χ4v) is 3.71. The van der Waals surface area contributed by atoms with Gasteiger partial charge in [-0.2, -0.15) is 5.10 Å². The molecule has 0 aliphatic carbocycles. The van der Waals surface area contributed by atoms with E-state index < -0.39 is 5.97 Å². The topological polar surface area (TPSA) is 80.6 Å². The lowest BCUT2D eigenvalue weighted by atomic mass is 10.0. The van der Waals surface area contributed by atoms with Crippen molar-refractivity contribution in [3.63, 3.8) is 0 Å². The van der Waals surface area contributed by atoms with E-state index in [1.165, 1.54) is 6.21 Å². The van der Waals surface area contributed by atoms with Gasteiger partial charge in [-0.3, -0.25) is 4.79 Å². The molecule has 36 heavy (non-hydrogen) atoms. The first-order valence-corrected chi connectivity index (χ1v) is 11.3. The van der Waals surface area contributed by atoms with Crippen molar-refractivity contribution in [2.75, 3.05) is 0 Å². The van der Waals surface area contributed by atoms with Crippen molar-refractivity contribution in [2.24, 2.45) is 5.10 Å². The number of nitrogens with zero attached hydrogens (tertiary/aromatic N) is 2. The lowest BCUT2D eigenvalue weighted by Crippen LogP contribution is -2.18. The zero-order valence-electron chi connectivity index (χ0n) is 19.2. The van der Waals surface area contributed by atoms with Gasteiger partial charge in [0.1, 0.15) is 5.75 Å². The minimum Gasteiger partial charge on any atom is -0.423 e. The van der Waals surface area contributed by atoms with E-state index in [1.807, 2.05) is 60.7 Å². The van der Waals surface area contributed by atoms with Gasteiger partial charge in [0.25, 0.3) is 5.91 Å². The average Bonchev–Trinajstić information content (AvgIpc) is 2.94. The van der Waals surface area contributed by atoms with Gasteiger partial charge in [-0.05, 0) is 54.1 Å². The van der Waals surface area contributed by atoms with Gasteiger partial charge in [-0.15, -0.1) is 0 Å². The molecule has 5 aromatic rings. The summed E-state index contributed by atoms with van der Waals surface area (Å²) in [6.45, 7) is 0. The first-order valence-electron chi connectivity index (χ1n) is 11.3. The summed E-state index contributed by atoms with van der Waals surface area (Å²) in [5, 5.41) is 4.86. The number of carbonyl (C=O) groups is 2. The number of rotatable bonds is 6. The van der Waals surface area contributed by atoms with Crippen LogP contribution in [0.2, 0.25) is 0 Å². The molecule has 1 heterocycles. The van der Waals surface area contributed by atoms with E-state index in [9.17, 15) is 9.59 Å². The van der Waals surface area contributed by atoms with E-state index in [-0.39, 0.29) is 5.91 Å². The normalized spacial score (nSPS) is 10.9. The molecule has 0 aliphatic rings. The standard InChI is InChI=1S/C30H21N3O3/c34-29(26-19-28(22-9-3-1-4-10-22)32-27-14-8-7-13-25(26)27)33-31-20-21-15-17-24(18-16-21)36-30(35)23-11-5-2-6-12-23/h1-20H,(H,33,34)/b31-20-. The van der Waals surface area contributed by atoms with Gasteiger partial charge in [0.15, 0.2) is 0 Å². The minimum atomic E-state index is -0.427. The molecule has 6 nitrogen and oxygen atoms in total. The van der Waals surface area contributed by atoms with Crippen LogP contribution in [0.3, 0.4) is 0 Å². The summed E-state index contributed by atoms with van der Waals surface area (Å²) in [6.07, 6.45) is 1.53. The number of aromatic nitrogens is 1. The average molecular weight is 472 g/mol. The molecular formula is C30H21N3O3. The Bertz CT molecular complexity index is 1550. The zero-order chi connectivity index (χ0) is 24.7. The number of hydrogen-bond acceptors (Lipinski definition) is 5. The number of fused-ring (bicyclic) bond motifs is 1. The van der Waals surface area contributed by atoms with Gasteiger partial charge < -0.3 is 4.74 Å². The van der Waals surface area contributed by atoms with E-state index in [2.05, 4.69) is 10.5 Å². The molecule has 0 unspecified atom stereocenters. The summed E-state index contributed by atoms with van der Waals surface area (Å²) in [5.41, 5.74) is 6.67. The number of amides is 1. The second kappa shape index (κ2) is 10.4. The largest absolute Gasteiger partial charge is 0.423 e. The van der Waals surface area contributed by atoms with Crippen molar-refractivity contribution in [2.45, 2.75) is 0 Å². The molecule has 0 atom stereocenters. The lowest BCUT2D eigenvalue weighted by molar-refractivity contribution is 0.0734. The van der Waals surface area contributed by atoms with Gasteiger partial charge in [0.2, 0.25) is 0 Å². The van der Waals surface area contributed by atoms with Gasteiger partial charge in [-0.1, -0.05) is 66.7 Å². The lowest BCUT2D eigenvalue weighted by Gasteiger charge is -2.09. The van der Waals surface area contributed by atoms with Crippen LogP contribution in [-0.2, 0) is 0 Å². The first-order chi connectivity index (χ1) is 17.7. The number of pyridine rings is 1. The van der Waals surface area contributed by atoms with Crippen LogP contribution in [0.15, 0.2) is 120 Å². The highest BCUT2D eigenvalue weighted by Crippen LogP contribution is 2.24. The molecule has 0 radical (unpaired) electrons. The number of hydrazone groups is 1. The number of nitrogens with one attached hydrogen (secondary N) is 1. The molecule has 0 saturated carbocycles. The number of carbonyl (C=O) groups excluding carboxylic acids is 2. The van der Waals surface area contributed by atoms with Crippen molar-refractivity contribution in [3.8, 4) is 17.0 Å². The van der Waals surface area contributed by atoms with E-state index in [0.717, 1.165) is 22.0 Å². The molecule has 6 heteroatoms. The molecule has 0 spiro atoms. The van der Waals surface area contributed by atoms with Crippen LogP contribution in [0.1, 0.15) is 26.3 Å². The summed E-state index contributed by atoms with van der Waals surface area (Å²) in [4.78, 5) is 29.9. The van der Waals surface area contributed by atoms with Crippen molar-refractivity contribution in [3.05, 3.63) is 132 Å². The second-order valence-electron chi connectivity index (χ2n) is 7.96. The minimum absolute atomic E-state index is 0.338. The predicted molar refractivity (Wildman–Crippen MR) is 140 cm³/mol. The molecule has 1 N–H and O–H groups in total. The summed E-state index contributed by atoms with van der Waals surface area (Å²) >= 11 is 0. The Morgan fingerprint density at radius 1 is 0.778 bits per heavy atom. The smallest absolute Gasteiger partial charge is 0.343 e. The van der Waals surface area contributed by atoms with Crippen LogP contribution in [0, 0.1) is 0 Å². The quantitative estimate of drug-likeness (QED) is 0.145. The molecule has 0 fully saturated rings. The molecule has 174 valence electrons. The Morgan fingerprint density at radius 3 is 2.19 bits per heavy atom. The summed E-state index contributed by atoms with van der Waals surface area (Å²) in [7, 11) is 0. The highest BCUT2D eigenvalue weighted by Gasteiger charge is 2.13. The van der Waals surface area contributed by atoms with Gasteiger partial charge in [0.05, 0.1) is 28.6 Å². The van der Waals surface area contributed by atoms with Crippen LogP contribution < -0.4 is 10.2 Å². The number of para-hydroxylation sites is 1. The van der Waals surface area contributed by atoms with Crippen molar-refractivity contribution >= 4 is 29.0 Å². The van der Waals surface area contributed by atoms with Crippen LogP contribution >= 0.6 is 0 Å². The van der Waals surface area contributed by atoms with E-state index in [0.29, 0.717) is 22.6 Å². The van der Waals surface area contributed by atoms with Gasteiger partial charge >= 0.3 is 5.97 Å². The van der Waals surface area contributed by atoms with Crippen molar-refractivity contribution in [1.29, 1.82) is 0 Å². The Balaban J connectivity index is 1.29. The fourth-order valence-electron chi connectivity index (χ4n) is 3.71. The highest BCUT2D eigenvalue weighted by molar-refractivity contribution is 6.07. The Kier molecular flexibility index (Phi) is 6.58. The monoisotopic (exact) mass is 471 g/mol. The summed E-state index contributed by atoms with van der Waals surface area (Å²) < 4.78 is 5.39. The Hall–Kier alpha value is -5.10. The van der Waals surface area contributed by atoms with Crippen molar-refractivity contribution < 1.29 is 14.3 Å². The van der Waals surface area contributed by atoms with Gasteiger partial charge in [0, 0.05) is 10.9 Å². The third-order valence-corrected chi connectivity index (χ3v) is 5.51. The molecule has 1 amide bonds. The molecule has 1 aromatic heterocycles. The zero-order valence-corrected chi connectivity index (χ0v) is 19.2. The van der Waals surface area contributed by atoms with Gasteiger partial charge in [-0.25, -0.2) is 15.2 Å².